The van der Waals surface area contributed by atoms with Crippen molar-refractivity contribution in [1.82, 2.24) is 10.2 Å². The molecule has 0 saturated heterocycles. The Bertz CT molecular complexity index is 475. The van der Waals surface area contributed by atoms with Crippen LogP contribution in [0.4, 0.5) is 5.69 Å². The van der Waals surface area contributed by atoms with Gasteiger partial charge in [0.15, 0.2) is 0 Å². The molecule has 0 heterocycles. The number of hydrogen-bond acceptors (Lipinski definition) is 5. The van der Waals surface area contributed by atoms with E-state index >= 15 is 0 Å². The van der Waals surface area contributed by atoms with Gasteiger partial charge in [0.25, 0.3) is 0 Å². The number of nitrogens with zero attached hydrogens (tertiary/aromatic N) is 1. The molecule has 1 aromatic carbocycles. The molecular weight excluding hydrogens is 270 g/mol. The number of benzene rings is 1. The largest absolute Gasteiger partial charge is 0.465 e. The molecule has 116 valence electrons. The predicted octanol–water partition coefficient (Wildman–Crippen LogP) is 0.953. The summed E-state index contributed by atoms with van der Waals surface area (Å²) in [6, 6.07) is 6.94. The van der Waals surface area contributed by atoms with Crippen LogP contribution in [0.3, 0.4) is 0 Å². The van der Waals surface area contributed by atoms with Crippen LogP contribution in [0.25, 0.3) is 0 Å². The Kier molecular flexibility index (Phi) is 7.25. The van der Waals surface area contributed by atoms with E-state index in [1.54, 1.807) is 24.3 Å². The van der Waals surface area contributed by atoms with Crippen LogP contribution in [0, 0.1) is 0 Å². The highest BCUT2D eigenvalue weighted by Crippen LogP contribution is 2.15. The minimum Gasteiger partial charge on any atom is -0.465 e. The van der Waals surface area contributed by atoms with Crippen LogP contribution in [0.1, 0.15) is 16.8 Å². The molecule has 0 saturated carbocycles. The summed E-state index contributed by atoms with van der Waals surface area (Å²) < 4.78 is 4.70. The van der Waals surface area contributed by atoms with E-state index in [0.717, 1.165) is 13.0 Å². The van der Waals surface area contributed by atoms with Crippen LogP contribution in [0.15, 0.2) is 24.3 Å². The first-order valence-electron chi connectivity index (χ1n) is 6.87. The van der Waals surface area contributed by atoms with Gasteiger partial charge in [0.1, 0.15) is 0 Å². The second-order valence-corrected chi connectivity index (χ2v) is 4.90. The zero-order chi connectivity index (χ0) is 15.7. The second kappa shape index (κ2) is 8.97. The topological polar surface area (TPSA) is 70.7 Å². The third-order valence-electron chi connectivity index (χ3n) is 2.88. The van der Waals surface area contributed by atoms with Gasteiger partial charge < -0.3 is 20.3 Å². The lowest BCUT2D eigenvalue weighted by Crippen LogP contribution is -2.32. The van der Waals surface area contributed by atoms with E-state index in [-0.39, 0.29) is 12.5 Å². The van der Waals surface area contributed by atoms with Crippen LogP contribution >= 0.6 is 0 Å². The van der Waals surface area contributed by atoms with E-state index < -0.39 is 5.97 Å². The van der Waals surface area contributed by atoms with Crippen molar-refractivity contribution in [2.24, 2.45) is 0 Å². The van der Waals surface area contributed by atoms with Crippen molar-refractivity contribution in [1.29, 1.82) is 0 Å². The number of ether oxygens (including phenoxy) is 1. The molecule has 1 amide bonds. The molecule has 0 aliphatic carbocycles. The molecule has 6 heteroatoms. The Balaban J connectivity index is 2.41. The summed E-state index contributed by atoms with van der Waals surface area (Å²) in [5.74, 6) is -0.530. The molecule has 0 unspecified atom stereocenters. The Morgan fingerprint density at radius 1 is 1.24 bits per heavy atom. The zero-order valence-corrected chi connectivity index (χ0v) is 12.8. The molecule has 1 aromatic rings. The van der Waals surface area contributed by atoms with E-state index in [4.69, 9.17) is 4.74 Å². The molecule has 0 aliphatic heterocycles. The van der Waals surface area contributed by atoms with Crippen molar-refractivity contribution >= 4 is 17.6 Å². The predicted molar refractivity (Wildman–Crippen MR) is 82.5 cm³/mol. The average molecular weight is 293 g/mol. The van der Waals surface area contributed by atoms with Gasteiger partial charge >= 0.3 is 5.97 Å². The molecule has 21 heavy (non-hydrogen) atoms. The number of para-hydroxylation sites is 1. The first-order chi connectivity index (χ1) is 10.0. The molecular formula is C15H23N3O3. The number of rotatable bonds is 8. The third-order valence-corrected chi connectivity index (χ3v) is 2.88. The highest BCUT2D eigenvalue weighted by molar-refractivity contribution is 5.96. The number of amides is 1. The van der Waals surface area contributed by atoms with E-state index in [9.17, 15) is 9.59 Å². The molecule has 6 nitrogen and oxygen atoms in total. The number of esters is 1. The SMILES string of the molecule is COC(=O)c1ccccc1NCC(=O)NCCCN(C)C. The number of carbonyl (C=O) groups is 2. The first kappa shape index (κ1) is 17.0. The van der Waals surface area contributed by atoms with Gasteiger partial charge in [-0.3, -0.25) is 4.79 Å². The van der Waals surface area contributed by atoms with Gasteiger partial charge in [0.2, 0.25) is 5.91 Å². The van der Waals surface area contributed by atoms with Gasteiger partial charge in [-0.2, -0.15) is 0 Å². The minimum atomic E-state index is -0.426. The lowest BCUT2D eigenvalue weighted by atomic mass is 10.2. The minimum absolute atomic E-state index is 0.103. The molecule has 1 rings (SSSR count). The van der Waals surface area contributed by atoms with Gasteiger partial charge in [0, 0.05) is 12.2 Å². The summed E-state index contributed by atoms with van der Waals surface area (Å²) in [4.78, 5) is 25.4. The van der Waals surface area contributed by atoms with Crippen molar-refractivity contribution in [3.63, 3.8) is 0 Å². The number of hydrogen-bond donors (Lipinski definition) is 2. The van der Waals surface area contributed by atoms with E-state index in [1.807, 2.05) is 14.1 Å². The second-order valence-electron chi connectivity index (χ2n) is 4.90. The summed E-state index contributed by atoms with van der Waals surface area (Å²) in [5.41, 5.74) is 1.01. The molecule has 0 bridgehead atoms. The third kappa shape index (κ3) is 6.27. The molecule has 0 fully saturated rings. The van der Waals surface area contributed by atoms with Crippen molar-refractivity contribution in [3.05, 3.63) is 29.8 Å². The lowest BCUT2D eigenvalue weighted by Gasteiger charge is -2.12. The monoisotopic (exact) mass is 293 g/mol. The van der Waals surface area contributed by atoms with Gasteiger partial charge in [-0.05, 0) is 39.2 Å². The smallest absolute Gasteiger partial charge is 0.339 e. The van der Waals surface area contributed by atoms with Gasteiger partial charge in [0.05, 0.1) is 19.2 Å². The fraction of sp³-hybridized carbons (Fsp3) is 0.467. The summed E-state index contributed by atoms with van der Waals surface area (Å²) in [7, 11) is 5.32. The van der Waals surface area contributed by atoms with Gasteiger partial charge in [-0.15, -0.1) is 0 Å². The summed E-state index contributed by atoms with van der Waals surface area (Å²) in [6.45, 7) is 1.69. The quantitative estimate of drug-likeness (QED) is 0.552. The molecule has 0 radical (unpaired) electrons. The van der Waals surface area contributed by atoms with Crippen molar-refractivity contribution < 1.29 is 14.3 Å². The molecule has 0 aliphatic rings. The normalized spacial score (nSPS) is 10.3. The zero-order valence-electron chi connectivity index (χ0n) is 12.8. The van der Waals surface area contributed by atoms with Crippen LogP contribution in [0.5, 0.6) is 0 Å². The molecule has 0 aromatic heterocycles. The number of methoxy groups -OCH3 is 1. The maximum Gasteiger partial charge on any atom is 0.339 e. The van der Waals surface area contributed by atoms with Crippen molar-refractivity contribution in [2.45, 2.75) is 6.42 Å². The molecule has 2 N–H and O–H groups in total. The van der Waals surface area contributed by atoms with E-state index in [0.29, 0.717) is 17.8 Å². The fourth-order valence-corrected chi connectivity index (χ4v) is 1.79. The van der Waals surface area contributed by atoms with Gasteiger partial charge in [-0.1, -0.05) is 12.1 Å². The summed E-state index contributed by atoms with van der Waals surface area (Å²) in [6.07, 6.45) is 0.900. The van der Waals surface area contributed by atoms with Crippen molar-refractivity contribution in [3.8, 4) is 0 Å². The van der Waals surface area contributed by atoms with E-state index in [1.165, 1.54) is 7.11 Å². The van der Waals surface area contributed by atoms with Crippen LogP contribution in [0.2, 0.25) is 0 Å². The molecule has 0 atom stereocenters. The highest BCUT2D eigenvalue weighted by Gasteiger charge is 2.11. The standard InChI is InChI=1S/C15H23N3O3/c1-18(2)10-6-9-16-14(19)11-17-13-8-5-4-7-12(13)15(20)21-3/h4-5,7-8,17H,6,9-11H2,1-3H3,(H,16,19). The van der Waals surface area contributed by atoms with Crippen LogP contribution in [-0.4, -0.2) is 57.6 Å². The number of anilines is 1. The Morgan fingerprint density at radius 2 is 1.95 bits per heavy atom. The van der Waals surface area contributed by atoms with Crippen LogP contribution in [-0.2, 0) is 9.53 Å². The first-order valence-corrected chi connectivity index (χ1v) is 6.87. The Morgan fingerprint density at radius 3 is 2.62 bits per heavy atom. The Hall–Kier alpha value is -2.08. The Labute approximate surface area is 125 Å². The maximum absolute atomic E-state index is 11.7. The number of nitrogens with one attached hydrogen (secondary N) is 2. The van der Waals surface area contributed by atoms with Crippen LogP contribution < -0.4 is 10.6 Å². The fourth-order valence-electron chi connectivity index (χ4n) is 1.79. The maximum atomic E-state index is 11.7. The molecule has 0 spiro atoms. The number of carbonyl (C=O) groups excluding carboxylic acids is 2. The summed E-state index contributed by atoms with van der Waals surface area (Å²) >= 11 is 0. The highest BCUT2D eigenvalue weighted by atomic mass is 16.5. The average Bonchev–Trinajstić information content (AvgIpc) is 2.48. The lowest BCUT2D eigenvalue weighted by molar-refractivity contribution is -0.119. The summed E-state index contributed by atoms with van der Waals surface area (Å²) in [5, 5.41) is 5.78. The van der Waals surface area contributed by atoms with Gasteiger partial charge in [-0.25, -0.2) is 4.79 Å². The van der Waals surface area contributed by atoms with E-state index in [2.05, 4.69) is 15.5 Å². The van der Waals surface area contributed by atoms with Crippen molar-refractivity contribution in [2.75, 3.05) is 46.2 Å².